The van der Waals surface area contributed by atoms with Gasteiger partial charge in [0, 0.05) is 22.3 Å². The van der Waals surface area contributed by atoms with Crippen molar-refractivity contribution in [3.05, 3.63) is 52.4 Å². The molecule has 240 valence electrons. The number of anilines is 3. The Hall–Kier alpha value is -3.49. The Morgan fingerprint density at radius 1 is 1.11 bits per heavy atom. The molecule has 3 heterocycles. The number of aryl methyl sites for hydroxylation is 2. The Labute approximate surface area is 273 Å². The number of thiophene rings is 1. The number of aromatic nitrogens is 2. The Morgan fingerprint density at radius 3 is 2.62 bits per heavy atom. The lowest BCUT2D eigenvalue weighted by molar-refractivity contribution is 0.388. The smallest absolute Gasteiger partial charge is 0.229 e. The van der Waals surface area contributed by atoms with Crippen molar-refractivity contribution >= 4 is 50.3 Å². The first kappa shape index (κ1) is 32.9. The molecule has 2 atom stereocenters. The summed E-state index contributed by atoms with van der Waals surface area (Å²) in [7, 11) is 5.94. The molecule has 8 heteroatoms. The third kappa shape index (κ3) is 7.33. The summed E-state index contributed by atoms with van der Waals surface area (Å²) in [6.45, 7) is 12.4. The zero-order chi connectivity index (χ0) is 32.2. The predicted octanol–water partition coefficient (Wildman–Crippen LogP) is 9.40. The molecule has 0 spiro atoms. The van der Waals surface area contributed by atoms with E-state index in [1.54, 1.807) is 18.4 Å². The lowest BCUT2D eigenvalue weighted by Gasteiger charge is -2.19. The number of hydrogen-bond donors (Lipinski definition) is 2. The lowest BCUT2D eigenvalue weighted by atomic mass is 9.86. The second-order valence-corrected chi connectivity index (χ2v) is 14.1. The van der Waals surface area contributed by atoms with Crippen molar-refractivity contribution in [3.8, 4) is 17.0 Å². The molecule has 0 bridgehead atoms. The van der Waals surface area contributed by atoms with Crippen LogP contribution in [0.1, 0.15) is 82.9 Å². The van der Waals surface area contributed by atoms with E-state index in [1.165, 1.54) is 23.3 Å². The molecular weight excluding hydrogens is 577 g/mol. The van der Waals surface area contributed by atoms with Gasteiger partial charge in [0.1, 0.15) is 10.6 Å². The Morgan fingerprint density at radius 2 is 1.91 bits per heavy atom. The van der Waals surface area contributed by atoms with E-state index in [0.717, 1.165) is 88.5 Å². The minimum atomic E-state index is 0.338. The van der Waals surface area contributed by atoms with Crippen LogP contribution >= 0.6 is 11.3 Å². The predicted molar refractivity (Wildman–Crippen MR) is 193 cm³/mol. The van der Waals surface area contributed by atoms with Gasteiger partial charge >= 0.3 is 0 Å². The molecular formula is C37H50N6OS. The van der Waals surface area contributed by atoms with Crippen LogP contribution in [0, 0.1) is 11.8 Å². The van der Waals surface area contributed by atoms with Crippen molar-refractivity contribution in [1.82, 2.24) is 14.9 Å². The Bertz CT molecular complexity index is 1670. The monoisotopic (exact) mass is 626 g/mol. The minimum absolute atomic E-state index is 0.338. The van der Waals surface area contributed by atoms with Crippen molar-refractivity contribution in [3.63, 3.8) is 0 Å². The average Bonchev–Trinajstić information content (AvgIpc) is 3.40. The maximum Gasteiger partial charge on any atom is 0.229 e. The lowest BCUT2D eigenvalue weighted by Crippen LogP contribution is -2.17. The van der Waals surface area contributed by atoms with Crippen LogP contribution in [-0.4, -0.2) is 48.3 Å². The Balaban J connectivity index is 1.48. The fraction of sp³-hybridized carbons (Fsp3) is 0.486. The first-order valence-electron chi connectivity index (χ1n) is 16.4. The van der Waals surface area contributed by atoms with Gasteiger partial charge in [-0.25, -0.2) is 9.97 Å². The molecule has 0 fully saturated rings. The van der Waals surface area contributed by atoms with Gasteiger partial charge < -0.3 is 20.7 Å². The number of benzene rings is 2. The van der Waals surface area contributed by atoms with E-state index >= 15 is 0 Å². The number of ether oxygens (including phenoxy) is 1. The van der Waals surface area contributed by atoms with Crippen LogP contribution in [0.15, 0.2) is 40.7 Å². The quantitative estimate of drug-likeness (QED) is 0.120. The topological polar surface area (TPSA) is 88.7 Å². The van der Waals surface area contributed by atoms with Gasteiger partial charge in [-0.3, -0.25) is 4.99 Å². The third-order valence-electron chi connectivity index (χ3n) is 9.28. The molecule has 45 heavy (non-hydrogen) atoms. The number of nitrogens with one attached hydrogen (secondary N) is 1. The summed E-state index contributed by atoms with van der Waals surface area (Å²) < 4.78 is 5.86. The van der Waals surface area contributed by atoms with Crippen LogP contribution < -0.4 is 15.8 Å². The molecule has 0 amide bonds. The van der Waals surface area contributed by atoms with Crippen molar-refractivity contribution < 1.29 is 4.74 Å². The summed E-state index contributed by atoms with van der Waals surface area (Å²) in [6.07, 6.45) is 6.46. The maximum absolute atomic E-state index is 6.64. The van der Waals surface area contributed by atoms with Gasteiger partial charge in [0.25, 0.3) is 0 Å². The molecule has 2 aromatic heterocycles. The minimum Gasteiger partial charge on any atom is -0.495 e. The number of methoxy groups -OCH3 is 1. The summed E-state index contributed by atoms with van der Waals surface area (Å²) >= 11 is 1.63. The van der Waals surface area contributed by atoms with Crippen LogP contribution in [0.3, 0.4) is 0 Å². The van der Waals surface area contributed by atoms with Gasteiger partial charge in [0.05, 0.1) is 24.2 Å². The number of aliphatic imine (C=N–C) groups is 1. The highest BCUT2D eigenvalue weighted by atomic mass is 32.1. The van der Waals surface area contributed by atoms with E-state index in [4.69, 9.17) is 25.4 Å². The number of rotatable bonds is 12. The van der Waals surface area contributed by atoms with Crippen LogP contribution in [0.25, 0.3) is 21.5 Å². The fourth-order valence-corrected chi connectivity index (χ4v) is 7.45. The van der Waals surface area contributed by atoms with E-state index in [2.05, 4.69) is 88.6 Å². The molecule has 7 nitrogen and oxygen atoms in total. The first-order chi connectivity index (χ1) is 21.6. The largest absolute Gasteiger partial charge is 0.495 e. The fourth-order valence-electron chi connectivity index (χ4n) is 6.69. The third-order valence-corrected chi connectivity index (χ3v) is 10.1. The van der Waals surface area contributed by atoms with Gasteiger partial charge in [-0.1, -0.05) is 34.1 Å². The summed E-state index contributed by atoms with van der Waals surface area (Å²) in [5.74, 6) is 2.69. The second kappa shape index (κ2) is 14.3. The molecule has 2 aromatic carbocycles. The average molecular weight is 627 g/mol. The molecule has 2 unspecified atom stereocenters. The number of nitrogen functional groups attached to an aromatic ring is 1. The normalized spacial score (nSPS) is 15.7. The highest BCUT2D eigenvalue weighted by Crippen LogP contribution is 2.41. The number of nitrogens with two attached hydrogens (primary N) is 1. The van der Waals surface area contributed by atoms with Crippen LogP contribution in [0.2, 0.25) is 0 Å². The molecule has 0 radical (unpaired) electrons. The number of unbranched alkanes of at least 4 members (excludes halogenated alkanes) is 1. The molecule has 4 aromatic rings. The van der Waals surface area contributed by atoms with Crippen molar-refractivity contribution in [1.29, 1.82) is 0 Å². The van der Waals surface area contributed by atoms with Crippen molar-refractivity contribution in [2.75, 3.05) is 38.8 Å². The molecule has 1 aliphatic rings. The highest BCUT2D eigenvalue weighted by molar-refractivity contribution is 7.16. The van der Waals surface area contributed by atoms with Gasteiger partial charge in [-0.15, -0.1) is 11.3 Å². The second-order valence-electron chi connectivity index (χ2n) is 13.2. The molecule has 1 aliphatic heterocycles. The van der Waals surface area contributed by atoms with Crippen LogP contribution in [-0.2, 0) is 12.8 Å². The highest BCUT2D eigenvalue weighted by Gasteiger charge is 2.24. The molecule has 3 N–H and O–H groups in total. The van der Waals surface area contributed by atoms with E-state index in [0.29, 0.717) is 23.7 Å². The van der Waals surface area contributed by atoms with Crippen LogP contribution in [0.4, 0.5) is 23.0 Å². The van der Waals surface area contributed by atoms with Gasteiger partial charge in [0.15, 0.2) is 0 Å². The standard InChI is InChI=1S/C37H50N6OS/c1-9-25-18-27(19-26-13-14-28(22(2)3)24(5)39-34(25)26)35-29-15-17-45-36(29)42-37(41-35)40-32-21-31(38)30(20-33(32)44-8)23(4)12-10-11-16-43(6)7/h15,17-23,28H,9-14,16,38H2,1-8H3,(H,40,41,42). The van der Waals surface area contributed by atoms with E-state index in [-0.39, 0.29) is 0 Å². The zero-order valence-corrected chi connectivity index (χ0v) is 29.1. The van der Waals surface area contributed by atoms with E-state index in [1.807, 2.05) is 6.07 Å². The van der Waals surface area contributed by atoms with Crippen molar-refractivity contribution in [2.24, 2.45) is 16.8 Å². The maximum atomic E-state index is 6.64. The number of hydrogen-bond acceptors (Lipinski definition) is 8. The number of fused-ring (bicyclic) bond motifs is 2. The van der Waals surface area contributed by atoms with Gasteiger partial charge in [-0.2, -0.15) is 0 Å². The van der Waals surface area contributed by atoms with Crippen LogP contribution in [0.5, 0.6) is 5.75 Å². The SMILES string of the molecule is CCc1cc(-c2nc(Nc3cc(N)c(C(C)CCCCN(C)C)cc3OC)nc3sccc23)cc2c1N=C(C)C(C(C)C)CC2. The van der Waals surface area contributed by atoms with Crippen molar-refractivity contribution in [2.45, 2.75) is 79.1 Å². The van der Waals surface area contributed by atoms with E-state index in [9.17, 15) is 0 Å². The van der Waals surface area contributed by atoms with E-state index < -0.39 is 0 Å². The summed E-state index contributed by atoms with van der Waals surface area (Å²) in [5.41, 5.74) is 16.3. The molecule has 0 saturated carbocycles. The summed E-state index contributed by atoms with van der Waals surface area (Å²) in [6, 6.07) is 10.8. The van der Waals surface area contributed by atoms with Gasteiger partial charge in [-0.05, 0) is 130 Å². The van der Waals surface area contributed by atoms with Gasteiger partial charge in [0.2, 0.25) is 5.95 Å². The Kier molecular flexibility index (Phi) is 10.4. The number of nitrogens with zero attached hydrogens (tertiary/aromatic N) is 4. The zero-order valence-electron chi connectivity index (χ0n) is 28.3. The first-order valence-corrected chi connectivity index (χ1v) is 17.3. The summed E-state index contributed by atoms with van der Waals surface area (Å²) in [4.78, 5) is 18.4. The molecule has 5 rings (SSSR count). The molecule has 0 saturated heterocycles. The molecule has 0 aliphatic carbocycles. The summed E-state index contributed by atoms with van der Waals surface area (Å²) in [5, 5.41) is 6.61.